The number of aryl methyl sites for hydroxylation is 1. The molecular weight excluding hydrogens is 436 g/mol. The predicted molar refractivity (Wildman–Crippen MR) is 122 cm³/mol. The van der Waals surface area contributed by atoms with Crippen LogP contribution in [0.1, 0.15) is 22.3 Å². The Balaban J connectivity index is 1.65. The molecule has 3 aromatic rings. The number of halogens is 1. The highest BCUT2D eigenvalue weighted by atomic mass is 35.5. The van der Waals surface area contributed by atoms with Crippen LogP contribution in [0.3, 0.4) is 0 Å². The Bertz CT molecular complexity index is 1230. The molecule has 0 fully saturated rings. The van der Waals surface area contributed by atoms with Gasteiger partial charge < -0.3 is 9.64 Å². The first-order valence-corrected chi connectivity index (χ1v) is 11.6. The van der Waals surface area contributed by atoms with Gasteiger partial charge in [0, 0.05) is 22.8 Å². The Morgan fingerprint density at radius 1 is 1.06 bits per heavy atom. The van der Waals surface area contributed by atoms with E-state index in [1.807, 2.05) is 18.2 Å². The summed E-state index contributed by atoms with van der Waals surface area (Å²) in [5.74, 6) is 0.268. The van der Waals surface area contributed by atoms with Gasteiger partial charge in [-0.15, -0.1) is 0 Å². The van der Waals surface area contributed by atoms with E-state index in [4.69, 9.17) is 16.3 Å². The highest BCUT2D eigenvalue weighted by molar-refractivity contribution is 7.92. The molecule has 1 amide bonds. The smallest absolute Gasteiger partial charge is 0.262 e. The van der Waals surface area contributed by atoms with Crippen molar-refractivity contribution in [2.24, 2.45) is 0 Å². The molecule has 0 aromatic heterocycles. The molecule has 0 saturated carbocycles. The summed E-state index contributed by atoms with van der Waals surface area (Å²) in [6.07, 6.45) is 1.45. The van der Waals surface area contributed by atoms with Crippen molar-refractivity contribution >= 4 is 38.9 Å². The number of nitrogens with zero attached hydrogens (tertiary/aromatic N) is 1. The SMILES string of the molecule is COc1ccc(Cl)cc1NS(=O)(=O)c1ccc2c(c1)CCCN2C(=O)c1ccccc1. The molecule has 1 aliphatic rings. The first-order chi connectivity index (χ1) is 14.9. The monoisotopic (exact) mass is 456 g/mol. The van der Waals surface area contributed by atoms with Gasteiger partial charge in [-0.05, 0) is 66.9 Å². The van der Waals surface area contributed by atoms with E-state index in [2.05, 4.69) is 4.72 Å². The van der Waals surface area contributed by atoms with Crippen LogP contribution in [-0.4, -0.2) is 28.0 Å². The van der Waals surface area contributed by atoms with Crippen LogP contribution in [0.4, 0.5) is 11.4 Å². The van der Waals surface area contributed by atoms with E-state index in [-0.39, 0.29) is 16.5 Å². The van der Waals surface area contributed by atoms with E-state index >= 15 is 0 Å². The summed E-state index contributed by atoms with van der Waals surface area (Å²) in [5, 5.41) is 0.388. The van der Waals surface area contributed by atoms with Crippen molar-refractivity contribution in [2.45, 2.75) is 17.7 Å². The van der Waals surface area contributed by atoms with Crippen LogP contribution in [0.15, 0.2) is 71.6 Å². The second kappa shape index (κ2) is 8.61. The van der Waals surface area contributed by atoms with Crippen molar-refractivity contribution < 1.29 is 17.9 Å². The Morgan fingerprint density at radius 3 is 2.58 bits per heavy atom. The molecular formula is C23H21ClN2O4S. The summed E-state index contributed by atoms with van der Waals surface area (Å²) in [5.41, 5.74) is 2.41. The van der Waals surface area contributed by atoms with Crippen LogP contribution >= 0.6 is 11.6 Å². The molecule has 6 nitrogen and oxygen atoms in total. The third-order valence-electron chi connectivity index (χ3n) is 5.15. The molecule has 4 rings (SSSR count). The normalized spacial score (nSPS) is 13.4. The van der Waals surface area contributed by atoms with Crippen molar-refractivity contribution in [3.8, 4) is 5.75 Å². The van der Waals surface area contributed by atoms with Gasteiger partial charge in [0.15, 0.2) is 0 Å². The molecule has 160 valence electrons. The van der Waals surface area contributed by atoms with Crippen LogP contribution in [0.25, 0.3) is 0 Å². The number of hydrogen-bond donors (Lipinski definition) is 1. The average molecular weight is 457 g/mol. The topological polar surface area (TPSA) is 75.7 Å². The zero-order chi connectivity index (χ0) is 22.0. The molecule has 0 saturated heterocycles. The lowest BCUT2D eigenvalue weighted by Gasteiger charge is -2.30. The number of ether oxygens (including phenoxy) is 1. The van der Waals surface area contributed by atoms with Gasteiger partial charge in [0.1, 0.15) is 5.75 Å². The van der Waals surface area contributed by atoms with Crippen LogP contribution in [-0.2, 0) is 16.4 Å². The van der Waals surface area contributed by atoms with Gasteiger partial charge >= 0.3 is 0 Å². The third-order valence-corrected chi connectivity index (χ3v) is 6.75. The van der Waals surface area contributed by atoms with Crippen molar-refractivity contribution in [2.75, 3.05) is 23.3 Å². The van der Waals surface area contributed by atoms with Gasteiger partial charge in [0.25, 0.3) is 15.9 Å². The molecule has 1 aliphatic heterocycles. The van der Waals surface area contributed by atoms with E-state index in [1.165, 1.54) is 19.2 Å². The number of rotatable bonds is 5. The Labute approximate surface area is 186 Å². The molecule has 0 radical (unpaired) electrons. The number of nitrogens with one attached hydrogen (secondary N) is 1. The van der Waals surface area contributed by atoms with Crippen LogP contribution in [0.2, 0.25) is 5.02 Å². The zero-order valence-corrected chi connectivity index (χ0v) is 18.4. The molecule has 1 heterocycles. The second-order valence-corrected chi connectivity index (χ2v) is 9.29. The maximum absolute atomic E-state index is 13.0. The summed E-state index contributed by atoms with van der Waals surface area (Å²) in [4.78, 5) is 14.8. The number of fused-ring (bicyclic) bond motifs is 1. The minimum Gasteiger partial charge on any atom is -0.495 e. The first-order valence-electron chi connectivity index (χ1n) is 9.75. The molecule has 0 spiro atoms. The number of amides is 1. The lowest BCUT2D eigenvalue weighted by Crippen LogP contribution is -2.35. The summed E-state index contributed by atoms with van der Waals surface area (Å²) >= 11 is 6.01. The quantitative estimate of drug-likeness (QED) is 0.601. The number of carbonyl (C=O) groups excluding carboxylic acids is 1. The minimum absolute atomic E-state index is 0.0982. The fourth-order valence-electron chi connectivity index (χ4n) is 3.65. The van der Waals surface area contributed by atoms with Crippen LogP contribution in [0.5, 0.6) is 5.75 Å². The number of carbonyl (C=O) groups is 1. The highest BCUT2D eigenvalue weighted by Crippen LogP contribution is 2.33. The lowest BCUT2D eigenvalue weighted by molar-refractivity contribution is 0.0985. The predicted octanol–water partition coefficient (Wildman–Crippen LogP) is 4.74. The Hall–Kier alpha value is -3.03. The minimum atomic E-state index is -3.88. The zero-order valence-electron chi connectivity index (χ0n) is 16.8. The van der Waals surface area contributed by atoms with Crippen molar-refractivity contribution in [3.05, 3.63) is 82.9 Å². The number of benzene rings is 3. The van der Waals surface area contributed by atoms with E-state index in [1.54, 1.807) is 41.3 Å². The first kappa shape index (κ1) is 21.2. The molecule has 1 N–H and O–H groups in total. The summed E-state index contributed by atoms with van der Waals surface area (Å²) < 4.78 is 33.8. The molecule has 0 unspecified atom stereocenters. The standard InChI is InChI=1S/C23H21ClN2O4S/c1-30-22-12-9-18(24)15-20(22)25-31(28,29)19-10-11-21-17(14-19)8-5-13-26(21)23(27)16-6-3-2-4-7-16/h2-4,6-7,9-12,14-15,25H,5,8,13H2,1H3. The highest BCUT2D eigenvalue weighted by Gasteiger charge is 2.26. The fraction of sp³-hybridized carbons (Fsp3) is 0.174. The summed E-state index contributed by atoms with van der Waals surface area (Å²) in [7, 11) is -2.42. The lowest BCUT2D eigenvalue weighted by atomic mass is 10.0. The molecule has 3 aromatic carbocycles. The maximum Gasteiger partial charge on any atom is 0.262 e. The van der Waals surface area contributed by atoms with Gasteiger partial charge in [-0.2, -0.15) is 0 Å². The van der Waals surface area contributed by atoms with Crippen molar-refractivity contribution in [1.82, 2.24) is 0 Å². The number of anilines is 2. The van der Waals surface area contributed by atoms with Gasteiger partial charge in [-0.25, -0.2) is 8.42 Å². The Kier molecular flexibility index (Phi) is 5.89. The Morgan fingerprint density at radius 2 is 1.84 bits per heavy atom. The molecule has 0 atom stereocenters. The van der Waals surface area contributed by atoms with Gasteiger partial charge in [0.2, 0.25) is 0 Å². The molecule has 31 heavy (non-hydrogen) atoms. The van der Waals surface area contributed by atoms with Gasteiger partial charge in [-0.1, -0.05) is 29.8 Å². The van der Waals surface area contributed by atoms with Crippen LogP contribution in [0, 0.1) is 0 Å². The molecule has 0 bridgehead atoms. The second-order valence-electron chi connectivity index (χ2n) is 7.17. The number of hydrogen-bond acceptors (Lipinski definition) is 4. The number of methoxy groups -OCH3 is 1. The summed E-state index contributed by atoms with van der Waals surface area (Å²) in [6, 6.07) is 18.6. The average Bonchev–Trinajstić information content (AvgIpc) is 2.78. The fourth-order valence-corrected chi connectivity index (χ4v) is 4.94. The van der Waals surface area contributed by atoms with Crippen LogP contribution < -0.4 is 14.4 Å². The van der Waals surface area contributed by atoms with E-state index in [0.717, 1.165) is 17.7 Å². The number of sulfonamides is 1. The van der Waals surface area contributed by atoms with Crippen molar-refractivity contribution in [1.29, 1.82) is 0 Å². The van der Waals surface area contributed by atoms with Gasteiger partial charge in [0.05, 0.1) is 17.7 Å². The third kappa shape index (κ3) is 4.38. The molecule has 8 heteroatoms. The summed E-state index contributed by atoms with van der Waals surface area (Å²) in [6.45, 7) is 0.588. The van der Waals surface area contributed by atoms with E-state index in [0.29, 0.717) is 29.3 Å². The maximum atomic E-state index is 13.0. The molecule has 0 aliphatic carbocycles. The van der Waals surface area contributed by atoms with E-state index < -0.39 is 10.0 Å². The van der Waals surface area contributed by atoms with Crippen molar-refractivity contribution in [3.63, 3.8) is 0 Å². The van der Waals surface area contributed by atoms with Gasteiger partial charge in [-0.3, -0.25) is 9.52 Å². The largest absolute Gasteiger partial charge is 0.495 e. The van der Waals surface area contributed by atoms with E-state index in [9.17, 15) is 13.2 Å².